The van der Waals surface area contributed by atoms with Crippen molar-refractivity contribution in [2.24, 2.45) is 0 Å². The molecule has 0 saturated carbocycles. The smallest absolute Gasteiger partial charge is 0.494 e. The highest BCUT2D eigenvalue weighted by Crippen LogP contribution is 2.54. The van der Waals surface area contributed by atoms with Crippen molar-refractivity contribution in [1.82, 2.24) is 0 Å². The van der Waals surface area contributed by atoms with Crippen molar-refractivity contribution < 1.29 is 55.5 Å². The summed E-state index contributed by atoms with van der Waals surface area (Å²) in [5, 5.41) is 9.12. The fourth-order valence-corrected chi connectivity index (χ4v) is 18.9. The zero-order valence-electron chi connectivity index (χ0n) is 71.6. The van der Waals surface area contributed by atoms with Crippen LogP contribution in [0.5, 0.6) is 23.0 Å². The number of rotatable bonds is 10. The van der Waals surface area contributed by atoms with Gasteiger partial charge in [0.1, 0.15) is 0 Å². The summed E-state index contributed by atoms with van der Waals surface area (Å²) in [6.45, 7) is 62.7. The third kappa shape index (κ3) is 17.6. The SMILES string of the molecule is CC(C)(C)[Si](C)(C)Oc1c(O[Si](C)(C)C(C)(C)C)c2cc(I)ccc2c2ccc(I)cc12.CC1(C)OB(c2ccc3c(c2)c(O[Si](C)(C)C(C)(C)C)c(O[Si](C)(C)C(C)(C)C)c2cc(B4OC(C)(C)C(C)(C)O4)ccc23)OC1(C)C.O=C1C(=O)c2cc(I)ccc2-c2ccc(I)cc21.O=C1C(=O)c2ccccc2-c2ccccc21. The van der Waals surface area contributed by atoms with Crippen LogP contribution in [0, 0.1) is 14.3 Å². The maximum absolute atomic E-state index is 12.1. The van der Waals surface area contributed by atoms with E-state index in [9.17, 15) is 19.2 Å². The Bertz CT molecular complexity index is 5160. The molecule has 10 aromatic rings. The van der Waals surface area contributed by atoms with Crippen molar-refractivity contribution in [2.45, 2.75) is 233 Å². The van der Waals surface area contributed by atoms with Crippen LogP contribution >= 0.6 is 90.4 Å². The van der Waals surface area contributed by atoms with Gasteiger partial charge in [-0.05, 0) is 322 Å². The van der Waals surface area contributed by atoms with E-state index in [2.05, 4.69) is 354 Å². The van der Waals surface area contributed by atoms with Gasteiger partial charge in [0, 0.05) is 58.1 Å². The Morgan fingerprint density at radius 1 is 0.272 bits per heavy atom. The third-order valence-electron chi connectivity index (χ3n) is 25.5. The van der Waals surface area contributed by atoms with Crippen LogP contribution in [0.2, 0.25) is 72.5 Å². The number of fused-ring (bicyclic) bond motifs is 12. The second-order valence-electron chi connectivity index (χ2n) is 38.7. The van der Waals surface area contributed by atoms with Gasteiger partial charge in [-0.2, -0.15) is 0 Å². The van der Waals surface area contributed by atoms with E-state index in [-0.39, 0.29) is 20.2 Å². The summed E-state index contributed by atoms with van der Waals surface area (Å²) < 4.78 is 59.5. The molecule has 2 heterocycles. The minimum absolute atomic E-state index is 0.0314. The number of ketones is 4. The number of hydrogen-bond acceptors (Lipinski definition) is 12. The van der Waals surface area contributed by atoms with E-state index in [4.69, 9.17) is 36.3 Å². The second kappa shape index (κ2) is 31.8. The number of halogens is 4. The van der Waals surface area contributed by atoms with E-state index in [1.54, 1.807) is 36.4 Å². The lowest BCUT2D eigenvalue weighted by molar-refractivity contribution is 0.00578. The molecule has 2 aliphatic heterocycles. The molecule has 0 atom stereocenters. The Morgan fingerprint density at radius 2 is 0.482 bits per heavy atom. The molecule has 0 N–H and O–H groups in total. The van der Waals surface area contributed by atoms with Crippen molar-refractivity contribution in [2.75, 3.05) is 0 Å². The molecular weight excluding hydrogens is 1940 g/mol. The molecule has 0 spiro atoms. The first kappa shape index (κ1) is 89.7. The summed E-state index contributed by atoms with van der Waals surface area (Å²) in [5.74, 6) is 1.85. The molecule has 0 aromatic heterocycles. The predicted octanol–water partition coefficient (Wildman–Crippen LogP) is 26.0. The summed E-state index contributed by atoms with van der Waals surface area (Å²) >= 11 is 9.09. The summed E-state index contributed by atoms with van der Waals surface area (Å²) in [6.07, 6.45) is 0. The van der Waals surface area contributed by atoms with Crippen LogP contribution in [0.1, 0.15) is 180 Å². The quantitative estimate of drug-likeness (QED) is 0.0557. The van der Waals surface area contributed by atoms with E-state index < -0.39 is 93.0 Å². The van der Waals surface area contributed by atoms with Crippen LogP contribution in [-0.2, 0) is 18.6 Å². The zero-order valence-corrected chi connectivity index (χ0v) is 84.2. The van der Waals surface area contributed by atoms with Crippen LogP contribution in [0.15, 0.2) is 158 Å². The Morgan fingerprint density at radius 3 is 0.746 bits per heavy atom. The molecule has 0 radical (unpaired) electrons. The minimum Gasteiger partial charge on any atom is -0.541 e. The van der Waals surface area contributed by atoms with Crippen LogP contribution in [0.4, 0.5) is 0 Å². The topological polar surface area (TPSA) is 142 Å². The second-order valence-corrected chi connectivity index (χ2v) is 62.6. The lowest BCUT2D eigenvalue weighted by atomic mass is 9.76. The minimum atomic E-state index is -2.35. The van der Waals surface area contributed by atoms with Crippen molar-refractivity contribution in [1.29, 1.82) is 0 Å². The van der Waals surface area contributed by atoms with Crippen molar-refractivity contribution in [3.63, 3.8) is 0 Å². The maximum atomic E-state index is 12.1. The van der Waals surface area contributed by atoms with E-state index >= 15 is 0 Å². The first-order valence-corrected chi connectivity index (χ1v) is 55.1. The Balaban J connectivity index is 0.000000165. The molecule has 10 aromatic carbocycles. The van der Waals surface area contributed by atoms with Crippen LogP contribution in [0.25, 0.3) is 65.3 Å². The number of Topliss-reactive ketones (excluding diaryl/α,β-unsaturated/α-hetero) is 4. The molecule has 0 unspecified atom stereocenters. The van der Waals surface area contributed by atoms with E-state index in [1.807, 2.05) is 48.5 Å². The van der Waals surface area contributed by atoms with E-state index in [1.165, 1.54) is 17.9 Å². The Kier molecular flexibility index (Phi) is 25.0. The summed E-state index contributed by atoms with van der Waals surface area (Å²) in [4.78, 5) is 47.8. The predicted molar refractivity (Wildman–Crippen MR) is 518 cm³/mol. The average molecular weight is 2050 g/mol. The van der Waals surface area contributed by atoms with Gasteiger partial charge in [0.25, 0.3) is 33.3 Å². The van der Waals surface area contributed by atoms with Crippen molar-refractivity contribution in [3.05, 3.63) is 194 Å². The normalized spacial score (nSPS) is 16.6. The van der Waals surface area contributed by atoms with Gasteiger partial charge >= 0.3 is 14.2 Å². The van der Waals surface area contributed by atoms with Crippen molar-refractivity contribution >= 4 is 215 Å². The van der Waals surface area contributed by atoms with Gasteiger partial charge in [-0.1, -0.05) is 192 Å². The zero-order chi connectivity index (χ0) is 84.5. The van der Waals surface area contributed by atoms with Crippen LogP contribution in [-0.4, -0.2) is 93.0 Å². The molecule has 114 heavy (non-hydrogen) atoms. The molecule has 12 nitrogen and oxygen atoms in total. The average Bonchev–Trinajstić information content (AvgIpc) is 1.21. The molecule has 0 amide bonds. The van der Waals surface area contributed by atoms with Gasteiger partial charge in [0.15, 0.2) is 23.0 Å². The summed E-state index contributed by atoms with van der Waals surface area (Å²) in [6, 6.07) is 52.2. The fraction of sp³-hybridized carbons (Fsp3) is 0.391. The maximum Gasteiger partial charge on any atom is 0.494 e. The molecule has 0 bridgehead atoms. The monoisotopic (exact) mass is 2050 g/mol. The molecule has 4 aliphatic rings. The molecule has 2 saturated heterocycles. The Hall–Kier alpha value is -5.12. The summed E-state index contributed by atoms with van der Waals surface area (Å²) in [5.41, 5.74) is 5.59. The molecular formula is C92H110B2I4O12Si4. The highest BCUT2D eigenvalue weighted by Gasteiger charge is 2.54. The number of carbonyl (C=O) groups is 4. The number of hydrogen-bond donors (Lipinski definition) is 0. The van der Waals surface area contributed by atoms with Gasteiger partial charge in [-0.25, -0.2) is 0 Å². The molecule has 600 valence electrons. The molecule has 2 fully saturated rings. The van der Waals surface area contributed by atoms with Gasteiger partial charge in [-0.3, -0.25) is 19.2 Å². The third-order valence-corrected chi connectivity index (χ3v) is 45.5. The van der Waals surface area contributed by atoms with Gasteiger partial charge in [0.2, 0.25) is 23.1 Å². The van der Waals surface area contributed by atoms with E-state index in [0.29, 0.717) is 22.3 Å². The lowest BCUT2D eigenvalue weighted by Gasteiger charge is -2.40. The van der Waals surface area contributed by atoms with Crippen LogP contribution < -0.4 is 28.6 Å². The molecule has 2 aliphatic carbocycles. The molecule has 22 heteroatoms. The Labute approximate surface area is 735 Å². The van der Waals surface area contributed by atoms with Crippen LogP contribution in [0.3, 0.4) is 0 Å². The highest BCUT2D eigenvalue weighted by atomic mass is 127. The van der Waals surface area contributed by atoms with Crippen molar-refractivity contribution in [3.8, 4) is 45.3 Å². The first-order valence-electron chi connectivity index (χ1n) is 39.1. The van der Waals surface area contributed by atoms with Gasteiger partial charge in [0.05, 0.1) is 22.4 Å². The summed E-state index contributed by atoms with van der Waals surface area (Å²) in [7, 11) is -9.90. The number of benzene rings is 10. The lowest BCUT2D eigenvalue weighted by Crippen LogP contribution is -2.46. The van der Waals surface area contributed by atoms with Gasteiger partial charge in [-0.15, -0.1) is 0 Å². The number of carbonyl (C=O) groups excluding carboxylic acids is 4. The van der Waals surface area contributed by atoms with Gasteiger partial charge < -0.3 is 36.3 Å². The van der Waals surface area contributed by atoms with E-state index in [0.717, 1.165) is 95.6 Å². The largest absolute Gasteiger partial charge is 0.541 e. The highest BCUT2D eigenvalue weighted by molar-refractivity contribution is 14.1. The molecule has 14 rings (SSSR count). The fourth-order valence-electron chi connectivity index (χ4n) is 12.8. The standard InChI is InChI=1S/C38H60B2O6Si2.C26H36I2O2Si2.C14H6I2O2.C14H8O2/c1-33(2,3)47(15,16)41-31-29-23-25(39-43-35(7,8)36(9,10)44-39)19-21-27(29)28-22-20-26(40-45-37(11,12)38(13,14)46-40)24-30(28)32(31)42-48(17,18)34(4,5)6;1-25(2,3)31(7,8)29-23-21-15-17(27)11-13-19(21)20-14-12-18(28)16-22(20)24(23)30-32(9,10)26(4,5)6;15-7-1-3-9-10-4-2-8(16)6-12(10)14(18)13(17)11(9)5-7;15-13-11-7-3-1-5-9(11)10-6-2-4-8-12(10)14(13)16/h19-24H,1-18H3;11-16H,1-10H3;1-6H;1-8H. The first-order chi connectivity index (χ1) is 52.3.